The number of nitrogens with one attached hydrogen (secondary N) is 1. The molecule has 2 rings (SSSR count). The molecule has 2 aromatic rings. The van der Waals surface area contributed by atoms with Crippen LogP contribution in [0.2, 0.25) is 10.0 Å². The van der Waals surface area contributed by atoms with Gasteiger partial charge in [0.05, 0.1) is 5.02 Å². The van der Waals surface area contributed by atoms with Crippen molar-refractivity contribution >= 4 is 34.7 Å². The molecule has 2 nitrogen and oxygen atoms in total. The topological polar surface area (TPSA) is 29.1 Å². The smallest absolute Gasteiger partial charge is 0.188 e. The van der Waals surface area contributed by atoms with Crippen LogP contribution in [0.5, 0.6) is 0 Å². The summed E-state index contributed by atoms with van der Waals surface area (Å²) in [7, 11) is 0. The van der Waals surface area contributed by atoms with Crippen LogP contribution in [0.25, 0.3) is 0 Å². The molecule has 0 aliphatic rings. The minimum absolute atomic E-state index is 0.249. The zero-order valence-electron chi connectivity index (χ0n) is 10.2. The molecule has 0 aromatic heterocycles. The van der Waals surface area contributed by atoms with Crippen LogP contribution in [0, 0.1) is 5.82 Å². The standard InChI is InChI=1S/C15H10Cl2FNO/c16-10-1-6-13(14(17)9-10)15(20)7-8-19-12-4-2-11(18)3-5-12/h1-9,19H. The van der Waals surface area contributed by atoms with E-state index in [2.05, 4.69) is 5.32 Å². The Morgan fingerprint density at radius 2 is 1.80 bits per heavy atom. The molecule has 0 aliphatic heterocycles. The number of allylic oxidation sites excluding steroid dienone is 1. The van der Waals surface area contributed by atoms with E-state index >= 15 is 0 Å². The number of ketones is 1. The highest BCUT2D eigenvalue weighted by molar-refractivity contribution is 6.37. The Morgan fingerprint density at radius 1 is 1.10 bits per heavy atom. The Bertz CT molecular complexity index is 653. The third-order valence-electron chi connectivity index (χ3n) is 2.53. The number of rotatable bonds is 4. The van der Waals surface area contributed by atoms with E-state index in [4.69, 9.17) is 23.2 Å². The van der Waals surface area contributed by atoms with E-state index in [1.165, 1.54) is 30.5 Å². The summed E-state index contributed by atoms with van der Waals surface area (Å²) in [4.78, 5) is 11.9. The Balaban J connectivity index is 2.04. The second kappa shape index (κ2) is 6.55. The number of hydrogen-bond donors (Lipinski definition) is 1. The Morgan fingerprint density at radius 3 is 2.45 bits per heavy atom. The van der Waals surface area contributed by atoms with Crippen LogP contribution < -0.4 is 5.32 Å². The van der Waals surface area contributed by atoms with Crippen LogP contribution in [0.1, 0.15) is 10.4 Å². The molecular weight excluding hydrogens is 300 g/mol. The number of carbonyl (C=O) groups excluding carboxylic acids is 1. The molecule has 5 heteroatoms. The minimum atomic E-state index is -0.316. The van der Waals surface area contributed by atoms with Gasteiger partial charge in [0.25, 0.3) is 0 Å². The van der Waals surface area contributed by atoms with Crippen molar-refractivity contribution in [3.8, 4) is 0 Å². The van der Waals surface area contributed by atoms with E-state index in [0.29, 0.717) is 21.3 Å². The number of carbonyl (C=O) groups is 1. The Kier molecular flexibility index (Phi) is 4.77. The molecule has 0 aliphatic carbocycles. The van der Waals surface area contributed by atoms with E-state index < -0.39 is 0 Å². The highest BCUT2D eigenvalue weighted by Gasteiger charge is 2.07. The largest absolute Gasteiger partial charge is 0.362 e. The second-order valence-electron chi connectivity index (χ2n) is 3.97. The van der Waals surface area contributed by atoms with E-state index in [-0.39, 0.29) is 11.6 Å². The summed E-state index contributed by atoms with van der Waals surface area (Å²) in [6.45, 7) is 0. The molecule has 0 fully saturated rings. The third-order valence-corrected chi connectivity index (χ3v) is 3.07. The van der Waals surface area contributed by atoms with Crippen LogP contribution in [0.3, 0.4) is 0 Å². The molecule has 0 bridgehead atoms. The maximum atomic E-state index is 12.7. The molecule has 0 saturated heterocycles. The van der Waals surface area contributed by atoms with Gasteiger partial charge in [0.15, 0.2) is 5.78 Å². The van der Waals surface area contributed by atoms with Crippen LogP contribution >= 0.6 is 23.2 Å². The fourth-order valence-electron chi connectivity index (χ4n) is 1.54. The van der Waals surface area contributed by atoms with Gasteiger partial charge in [-0.2, -0.15) is 0 Å². The van der Waals surface area contributed by atoms with Gasteiger partial charge in [0, 0.05) is 28.5 Å². The number of benzene rings is 2. The SMILES string of the molecule is O=C(C=CNc1ccc(F)cc1)c1ccc(Cl)cc1Cl. The van der Waals surface area contributed by atoms with E-state index in [9.17, 15) is 9.18 Å². The molecule has 102 valence electrons. The number of halogens is 3. The average molecular weight is 310 g/mol. The molecule has 0 unspecified atom stereocenters. The van der Waals surface area contributed by atoms with Crippen LogP contribution in [0.4, 0.5) is 10.1 Å². The summed E-state index contributed by atoms with van der Waals surface area (Å²) in [6, 6.07) is 10.5. The maximum Gasteiger partial charge on any atom is 0.188 e. The summed E-state index contributed by atoms with van der Waals surface area (Å²) in [5.41, 5.74) is 1.05. The monoisotopic (exact) mass is 309 g/mol. The molecule has 0 radical (unpaired) electrons. The van der Waals surface area contributed by atoms with Crippen molar-refractivity contribution < 1.29 is 9.18 Å². The molecule has 2 aromatic carbocycles. The van der Waals surface area contributed by atoms with Crippen molar-refractivity contribution in [2.45, 2.75) is 0 Å². The fraction of sp³-hybridized carbons (Fsp3) is 0. The first kappa shape index (κ1) is 14.6. The summed E-state index contributed by atoms with van der Waals surface area (Å²) < 4.78 is 12.7. The zero-order valence-corrected chi connectivity index (χ0v) is 11.8. The third kappa shape index (κ3) is 3.83. The first-order valence-electron chi connectivity index (χ1n) is 5.74. The fourth-order valence-corrected chi connectivity index (χ4v) is 2.04. The lowest BCUT2D eigenvalue weighted by molar-refractivity contribution is 0.104. The molecule has 0 saturated carbocycles. The first-order chi connectivity index (χ1) is 9.56. The number of hydrogen-bond acceptors (Lipinski definition) is 2. The maximum absolute atomic E-state index is 12.7. The van der Waals surface area contributed by atoms with Crippen LogP contribution in [-0.4, -0.2) is 5.78 Å². The van der Waals surface area contributed by atoms with Crippen molar-refractivity contribution in [3.05, 3.63) is 76.2 Å². The molecule has 0 amide bonds. The average Bonchev–Trinajstić information content (AvgIpc) is 2.41. The van der Waals surface area contributed by atoms with Crippen molar-refractivity contribution in [2.75, 3.05) is 5.32 Å². The molecule has 0 spiro atoms. The normalized spacial score (nSPS) is 10.8. The van der Waals surface area contributed by atoms with Gasteiger partial charge in [-0.15, -0.1) is 0 Å². The van der Waals surface area contributed by atoms with Crippen LogP contribution in [-0.2, 0) is 0 Å². The van der Waals surface area contributed by atoms with E-state index in [1.54, 1.807) is 24.3 Å². The van der Waals surface area contributed by atoms with Gasteiger partial charge in [-0.1, -0.05) is 23.2 Å². The molecule has 20 heavy (non-hydrogen) atoms. The first-order valence-corrected chi connectivity index (χ1v) is 6.50. The summed E-state index contributed by atoms with van der Waals surface area (Å²) in [6.07, 6.45) is 2.82. The lowest BCUT2D eigenvalue weighted by Crippen LogP contribution is -1.97. The summed E-state index contributed by atoms with van der Waals surface area (Å²) >= 11 is 11.7. The van der Waals surface area contributed by atoms with Gasteiger partial charge in [-0.05, 0) is 42.5 Å². The lowest BCUT2D eigenvalue weighted by atomic mass is 10.1. The van der Waals surface area contributed by atoms with E-state index in [0.717, 1.165) is 0 Å². The highest BCUT2D eigenvalue weighted by atomic mass is 35.5. The van der Waals surface area contributed by atoms with Crippen molar-refractivity contribution in [1.82, 2.24) is 0 Å². The van der Waals surface area contributed by atoms with Gasteiger partial charge in [-0.25, -0.2) is 4.39 Å². The number of anilines is 1. The van der Waals surface area contributed by atoms with Crippen molar-refractivity contribution in [3.63, 3.8) is 0 Å². The van der Waals surface area contributed by atoms with Gasteiger partial charge >= 0.3 is 0 Å². The molecule has 1 N–H and O–H groups in total. The van der Waals surface area contributed by atoms with Gasteiger partial charge < -0.3 is 5.32 Å². The molecule has 0 atom stereocenters. The predicted octanol–water partition coefficient (Wildman–Crippen LogP) is 4.94. The Hall–Kier alpha value is -1.84. The predicted molar refractivity (Wildman–Crippen MR) is 80.0 cm³/mol. The van der Waals surface area contributed by atoms with Crippen molar-refractivity contribution in [1.29, 1.82) is 0 Å². The van der Waals surface area contributed by atoms with Gasteiger partial charge in [0.1, 0.15) is 5.82 Å². The van der Waals surface area contributed by atoms with E-state index in [1.807, 2.05) is 0 Å². The summed E-state index contributed by atoms with van der Waals surface area (Å²) in [5, 5.41) is 3.64. The Labute approximate surface area is 125 Å². The van der Waals surface area contributed by atoms with Crippen LogP contribution in [0.15, 0.2) is 54.7 Å². The summed E-state index contributed by atoms with van der Waals surface area (Å²) in [5.74, 6) is -0.565. The van der Waals surface area contributed by atoms with Gasteiger partial charge in [-0.3, -0.25) is 4.79 Å². The van der Waals surface area contributed by atoms with Gasteiger partial charge in [0.2, 0.25) is 0 Å². The molecule has 0 heterocycles. The molecular formula is C15H10Cl2FNO. The quantitative estimate of drug-likeness (QED) is 0.640. The minimum Gasteiger partial charge on any atom is -0.362 e. The lowest BCUT2D eigenvalue weighted by Gasteiger charge is -2.01. The zero-order chi connectivity index (χ0) is 14.5. The highest BCUT2D eigenvalue weighted by Crippen LogP contribution is 2.21. The second-order valence-corrected chi connectivity index (χ2v) is 4.82. The van der Waals surface area contributed by atoms with Crippen molar-refractivity contribution in [2.24, 2.45) is 0 Å².